The van der Waals surface area contributed by atoms with Gasteiger partial charge >= 0.3 is 0 Å². The molecule has 1 aliphatic rings. The molecule has 2 aromatic heterocycles. The Kier molecular flexibility index (Phi) is 4.83. The third kappa shape index (κ3) is 3.86. The number of carbonyl (C=O) groups is 1. The van der Waals surface area contributed by atoms with Crippen LogP contribution in [0, 0.1) is 11.7 Å². The Morgan fingerprint density at radius 2 is 2.07 bits per heavy atom. The molecule has 2 atom stereocenters. The molecule has 6 N–H and O–H groups in total. The Bertz CT molecular complexity index is 1070. The summed E-state index contributed by atoms with van der Waals surface area (Å²) in [6.07, 6.45) is 3.84. The van der Waals surface area contributed by atoms with E-state index in [9.17, 15) is 9.18 Å². The molecule has 0 bridgehead atoms. The Labute approximate surface area is 167 Å². The summed E-state index contributed by atoms with van der Waals surface area (Å²) < 4.78 is 16.4. The molecule has 1 amide bonds. The molecule has 0 spiro atoms. The highest BCUT2D eigenvalue weighted by Gasteiger charge is 2.34. The van der Waals surface area contributed by atoms with Gasteiger partial charge in [-0.05, 0) is 49.9 Å². The lowest BCUT2D eigenvalue weighted by Crippen LogP contribution is -2.40. The molecular weight excluding hydrogens is 373 g/mol. The van der Waals surface area contributed by atoms with Crippen LogP contribution in [-0.2, 0) is 7.05 Å². The van der Waals surface area contributed by atoms with E-state index < -0.39 is 11.7 Å². The Morgan fingerprint density at radius 3 is 2.72 bits per heavy atom. The number of benzene rings is 1. The number of nitrogens with two attached hydrogens (primary N) is 2. The number of halogens is 1. The molecule has 0 aliphatic heterocycles. The number of rotatable bonds is 7. The van der Waals surface area contributed by atoms with E-state index in [1.165, 1.54) is 0 Å². The van der Waals surface area contributed by atoms with Gasteiger partial charge < -0.3 is 22.1 Å². The summed E-state index contributed by atoms with van der Waals surface area (Å²) in [6, 6.07) is 6.46. The summed E-state index contributed by atoms with van der Waals surface area (Å²) in [7, 11) is 1.86. The molecule has 0 unspecified atom stereocenters. The summed E-state index contributed by atoms with van der Waals surface area (Å²) in [5.41, 5.74) is 13.1. The largest absolute Gasteiger partial charge is 0.365 e. The molecular formula is C20H24FN7O. The molecule has 0 saturated heterocycles. The van der Waals surface area contributed by atoms with E-state index in [2.05, 4.69) is 20.7 Å². The van der Waals surface area contributed by atoms with Gasteiger partial charge in [0.2, 0.25) is 0 Å². The van der Waals surface area contributed by atoms with Gasteiger partial charge in [0.15, 0.2) is 11.6 Å². The van der Waals surface area contributed by atoms with Crippen molar-refractivity contribution in [1.82, 2.24) is 14.8 Å². The fraction of sp³-hybridized carbons (Fsp3) is 0.350. The van der Waals surface area contributed by atoms with Gasteiger partial charge in [-0.2, -0.15) is 5.10 Å². The fourth-order valence-electron chi connectivity index (χ4n) is 3.54. The summed E-state index contributed by atoms with van der Waals surface area (Å²) in [5.74, 6) is -0.772. The predicted octanol–water partition coefficient (Wildman–Crippen LogP) is 2.49. The number of nitrogens with zero attached hydrogens (tertiary/aromatic N) is 3. The molecule has 4 rings (SSSR count). The van der Waals surface area contributed by atoms with Crippen LogP contribution < -0.4 is 22.1 Å². The van der Waals surface area contributed by atoms with Crippen molar-refractivity contribution in [2.75, 3.05) is 10.6 Å². The number of hydrogen-bond acceptors (Lipinski definition) is 6. The molecule has 0 radical (unpaired) electrons. The summed E-state index contributed by atoms with van der Waals surface area (Å²) in [6.45, 7) is 1.88. The van der Waals surface area contributed by atoms with Crippen molar-refractivity contribution in [2.24, 2.45) is 24.4 Å². The van der Waals surface area contributed by atoms with Crippen LogP contribution in [0.1, 0.15) is 30.1 Å². The average molecular weight is 397 g/mol. The summed E-state index contributed by atoms with van der Waals surface area (Å²) in [4.78, 5) is 16.2. The van der Waals surface area contributed by atoms with Crippen LogP contribution in [0.15, 0.2) is 30.5 Å². The molecule has 3 aromatic rings. The monoisotopic (exact) mass is 397 g/mol. The predicted molar refractivity (Wildman–Crippen MR) is 110 cm³/mol. The highest BCUT2D eigenvalue weighted by molar-refractivity contribution is 5.99. The molecule has 9 heteroatoms. The third-order valence-electron chi connectivity index (χ3n) is 5.25. The topological polar surface area (TPSA) is 124 Å². The summed E-state index contributed by atoms with van der Waals surface area (Å²) >= 11 is 0. The van der Waals surface area contributed by atoms with Crippen LogP contribution >= 0.6 is 0 Å². The SMILES string of the molecule is C[C@H](N)[C@H](Nc1nc(Nc2ccc3c(cnn3C)c2)c(C(N)=O)cc1F)C1CC1. The van der Waals surface area contributed by atoms with Crippen LogP contribution in [0.5, 0.6) is 0 Å². The normalized spacial score (nSPS) is 15.9. The average Bonchev–Trinajstić information content (AvgIpc) is 3.44. The standard InChI is InChI=1S/C20H24FN7O/c1-10(22)17(11-3-4-11)26-20-15(21)8-14(18(23)29)19(27-20)25-13-5-6-16-12(7-13)9-24-28(16)2/h5-11,17H,3-4,22H2,1-2H3,(H2,23,29)(H2,25,26,27)/t10-,17-/m0/s1. The molecule has 1 fully saturated rings. The van der Waals surface area contributed by atoms with Crippen molar-refractivity contribution in [3.05, 3.63) is 41.8 Å². The van der Waals surface area contributed by atoms with Crippen LogP contribution in [0.3, 0.4) is 0 Å². The van der Waals surface area contributed by atoms with Crippen LogP contribution in [-0.4, -0.2) is 32.8 Å². The lowest BCUT2D eigenvalue weighted by Gasteiger charge is -2.23. The number of carbonyl (C=O) groups excluding carboxylic acids is 1. The van der Waals surface area contributed by atoms with E-state index in [4.69, 9.17) is 11.5 Å². The third-order valence-corrected chi connectivity index (χ3v) is 5.25. The quantitative estimate of drug-likeness (QED) is 0.486. The lowest BCUT2D eigenvalue weighted by atomic mass is 10.1. The van der Waals surface area contributed by atoms with Crippen LogP contribution in [0.2, 0.25) is 0 Å². The van der Waals surface area contributed by atoms with E-state index >= 15 is 0 Å². The van der Waals surface area contributed by atoms with Crippen molar-refractivity contribution >= 4 is 34.1 Å². The van der Waals surface area contributed by atoms with Gasteiger partial charge in [-0.3, -0.25) is 9.48 Å². The molecule has 1 aromatic carbocycles. The van der Waals surface area contributed by atoms with Gasteiger partial charge in [0.25, 0.3) is 5.91 Å². The maximum Gasteiger partial charge on any atom is 0.252 e. The molecule has 29 heavy (non-hydrogen) atoms. The second-order valence-electron chi connectivity index (χ2n) is 7.61. The van der Waals surface area contributed by atoms with E-state index in [1.54, 1.807) is 10.9 Å². The lowest BCUT2D eigenvalue weighted by molar-refractivity contribution is 0.100. The number of nitrogens with one attached hydrogen (secondary N) is 2. The van der Waals surface area contributed by atoms with Crippen molar-refractivity contribution in [2.45, 2.75) is 31.8 Å². The second-order valence-corrected chi connectivity index (χ2v) is 7.61. The van der Waals surface area contributed by atoms with Gasteiger partial charge in [-0.1, -0.05) is 0 Å². The number of fused-ring (bicyclic) bond motifs is 1. The molecule has 1 aliphatic carbocycles. The summed E-state index contributed by atoms with van der Waals surface area (Å²) in [5, 5.41) is 11.3. The minimum atomic E-state index is -0.765. The highest BCUT2D eigenvalue weighted by atomic mass is 19.1. The zero-order valence-electron chi connectivity index (χ0n) is 16.3. The first-order chi connectivity index (χ1) is 13.8. The minimum absolute atomic E-state index is 0.0249. The van der Waals surface area contributed by atoms with Crippen molar-refractivity contribution in [3.8, 4) is 0 Å². The fourth-order valence-corrected chi connectivity index (χ4v) is 3.54. The van der Waals surface area contributed by atoms with Gasteiger partial charge in [0, 0.05) is 30.2 Å². The van der Waals surface area contributed by atoms with E-state index in [-0.39, 0.29) is 29.3 Å². The number of aromatic nitrogens is 3. The maximum atomic E-state index is 14.6. The molecule has 152 valence electrons. The number of anilines is 3. The number of aryl methyl sites for hydroxylation is 1. The van der Waals surface area contributed by atoms with Crippen LogP contribution in [0.4, 0.5) is 21.7 Å². The highest BCUT2D eigenvalue weighted by Crippen LogP contribution is 2.36. The maximum absolute atomic E-state index is 14.6. The van der Waals surface area contributed by atoms with Gasteiger partial charge in [-0.15, -0.1) is 0 Å². The number of amides is 1. The number of hydrogen-bond donors (Lipinski definition) is 4. The Morgan fingerprint density at radius 1 is 1.31 bits per heavy atom. The zero-order valence-corrected chi connectivity index (χ0v) is 16.3. The van der Waals surface area contributed by atoms with Gasteiger partial charge in [0.1, 0.15) is 5.82 Å². The second kappa shape index (κ2) is 7.32. The van der Waals surface area contributed by atoms with E-state index in [0.29, 0.717) is 11.6 Å². The van der Waals surface area contributed by atoms with Crippen LogP contribution in [0.25, 0.3) is 10.9 Å². The number of pyridine rings is 1. The Balaban J connectivity index is 1.68. The first kappa shape index (κ1) is 19.1. The first-order valence-electron chi connectivity index (χ1n) is 9.54. The van der Waals surface area contributed by atoms with E-state index in [1.807, 2.05) is 32.2 Å². The Hall–Kier alpha value is -3.20. The smallest absolute Gasteiger partial charge is 0.252 e. The van der Waals surface area contributed by atoms with Gasteiger partial charge in [-0.25, -0.2) is 9.37 Å². The molecule has 2 heterocycles. The van der Waals surface area contributed by atoms with Crippen molar-refractivity contribution < 1.29 is 9.18 Å². The van der Waals surface area contributed by atoms with Crippen molar-refractivity contribution in [1.29, 1.82) is 0 Å². The van der Waals surface area contributed by atoms with E-state index in [0.717, 1.165) is 29.8 Å². The minimum Gasteiger partial charge on any atom is -0.365 e. The number of primary amides is 1. The van der Waals surface area contributed by atoms with Gasteiger partial charge in [0.05, 0.1) is 17.3 Å². The zero-order chi connectivity index (χ0) is 20.7. The molecule has 8 nitrogen and oxygen atoms in total. The first-order valence-corrected chi connectivity index (χ1v) is 9.54. The van der Waals surface area contributed by atoms with Crippen molar-refractivity contribution in [3.63, 3.8) is 0 Å². The molecule has 1 saturated carbocycles.